The van der Waals surface area contributed by atoms with Crippen LogP contribution in [0.2, 0.25) is 0 Å². The number of amides is 2. The lowest BCUT2D eigenvalue weighted by Crippen LogP contribution is -2.52. The van der Waals surface area contributed by atoms with E-state index in [1.165, 1.54) is 4.90 Å². The third kappa shape index (κ3) is 2.84. The summed E-state index contributed by atoms with van der Waals surface area (Å²) in [5.41, 5.74) is 0. The third-order valence-electron chi connectivity index (χ3n) is 2.76. The molecule has 2 amide bonds. The van der Waals surface area contributed by atoms with E-state index in [9.17, 15) is 9.59 Å². The van der Waals surface area contributed by atoms with Gasteiger partial charge in [0.05, 0.1) is 0 Å². The number of carbonyl (C=O) groups excluding carboxylic acids is 1. The summed E-state index contributed by atoms with van der Waals surface area (Å²) in [5, 5.41) is 11.6. The molecule has 1 aliphatic rings. The Morgan fingerprint density at radius 1 is 1.53 bits per heavy atom. The molecule has 0 spiro atoms. The van der Waals surface area contributed by atoms with E-state index in [1.807, 2.05) is 13.8 Å². The van der Waals surface area contributed by atoms with Crippen LogP contribution in [0.25, 0.3) is 0 Å². The smallest absolute Gasteiger partial charge is 0.407 e. The summed E-state index contributed by atoms with van der Waals surface area (Å²) < 4.78 is 0. The van der Waals surface area contributed by atoms with Crippen molar-refractivity contribution in [2.45, 2.75) is 32.7 Å². The lowest BCUT2D eigenvalue weighted by Gasteiger charge is -2.35. The van der Waals surface area contributed by atoms with Gasteiger partial charge in [-0.2, -0.15) is 0 Å². The van der Waals surface area contributed by atoms with Gasteiger partial charge in [0, 0.05) is 13.1 Å². The molecule has 0 bridgehead atoms. The van der Waals surface area contributed by atoms with Crippen molar-refractivity contribution in [3.05, 3.63) is 0 Å². The molecular formula is C10H18N2O3. The summed E-state index contributed by atoms with van der Waals surface area (Å²) in [4.78, 5) is 23.8. The number of hydrogen-bond donors (Lipinski definition) is 2. The monoisotopic (exact) mass is 214 g/mol. The molecule has 0 aromatic heterocycles. The molecular weight excluding hydrogens is 196 g/mol. The quantitative estimate of drug-likeness (QED) is 0.717. The Bertz CT molecular complexity index is 255. The Hall–Kier alpha value is -1.26. The molecule has 0 aromatic carbocycles. The number of carbonyl (C=O) groups is 2. The minimum absolute atomic E-state index is 0.175. The molecule has 2 N–H and O–H groups in total. The van der Waals surface area contributed by atoms with Crippen LogP contribution in [0.1, 0.15) is 26.7 Å². The number of rotatable bonds is 2. The molecule has 0 radical (unpaired) electrons. The van der Waals surface area contributed by atoms with Gasteiger partial charge in [-0.3, -0.25) is 9.69 Å². The van der Waals surface area contributed by atoms with Crippen LogP contribution in [-0.2, 0) is 4.79 Å². The largest absolute Gasteiger partial charge is 0.465 e. The second-order valence-corrected chi connectivity index (χ2v) is 4.02. The highest BCUT2D eigenvalue weighted by Gasteiger charge is 2.34. The first kappa shape index (κ1) is 11.8. The van der Waals surface area contributed by atoms with Crippen molar-refractivity contribution in [1.82, 2.24) is 10.2 Å². The van der Waals surface area contributed by atoms with Crippen molar-refractivity contribution in [3.63, 3.8) is 0 Å². The first-order chi connectivity index (χ1) is 7.06. The molecule has 1 rings (SSSR count). The van der Waals surface area contributed by atoms with Gasteiger partial charge in [0.2, 0.25) is 5.91 Å². The number of carboxylic acid groups (broad SMARTS) is 1. The van der Waals surface area contributed by atoms with Crippen LogP contribution in [0, 0.1) is 5.92 Å². The number of piperidine rings is 1. The molecule has 0 unspecified atom stereocenters. The summed E-state index contributed by atoms with van der Waals surface area (Å²) in [6, 6.07) is -0.508. The van der Waals surface area contributed by atoms with E-state index >= 15 is 0 Å². The van der Waals surface area contributed by atoms with E-state index in [0.717, 1.165) is 6.42 Å². The fourth-order valence-electron chi connectivity index (χ4n) is 1.91. The SMILES string of the molecule is CCNC(=O)[C@H]1C[C@H](C)CCN1C(=O)O. The van der Waals surface area contributed by atoms with Crippen molar-refractivity contribution in [3.8, 4) is 0 Å². The zero-order valence-electron chi connectivity index (χ0n) is 9.19. The van der Waals surface area contributed by atoms with E-state index in [1.54, 1.807) is 0 Å². The molecule has 1 heterocycles. The Balaban J connectivity index is 2.69. The average molecular weight is 214 g/mol. The van der Waals surface area contributed by atoms with Gasteiger partial charge in [0.25, 0.3) is 0 Å². The van der Waals surface area contributed by atoms with Gasteiger partial charge in [-0.1, -0.05) is 6.92 Å². The van der Waals surface area contributed by atoms with Gasteiger partial charge in [-0.05, 0) is 25.7 Å². The van der Waals surface area contributed by atoms with Gasteiger partial charge in [-0.15, -0.1) is 0 Å². The van der Waals surface area contributed by atoms with Crippen LogP contribution in [0.4, 0.5) is 4.79 Å². The predicted octanol–water partition coefficient (Wildman–Crippen LogP) is 0.901. The van der Waals surface area contributed by atoms with E-state index in [2.05, 4.69) is 5.32 Å². The van der Waals surface area contributed by atoms with Crippen molar-refractivity contribution in [2.24, 2.45) is 5.92 Å². The molecule has 1 saturated heterocycles. The van der Waals surface area contributed by atoms with Gasteiger partial charge < -0.3 is 10.4 Å². The van der Waals surface area contributed by atoms with Crippen LogP contribution in [-0.4, -0.2) is 41.1 Å². The van der Waals surface area contributed by atoms with E-state index < -0.39 is 12.1 Å². The first-order valence-corrected chi connectivity index (χ1v) is 5.33. The lowest BCUT2D eigenvalue weighted by atomic mass is 9.92. The summed E-state index contributed by atoms with van der Waals surface area (Å²) in [6.45, 7) is 4.87. The van der Waals surface area contributed by atoms with Crippen LogP contribution in [0.5, 0.6) is 0 Å². The topological polar surface area (TPSA) is 69.6 Å². The fourth-order valence-corrected chi connectivity index (χ4v) is 1.91. The zero-order valence-corrected chi connectivity index (χ0v) is 9.19. The minimum Gasteiger partial charge on any atom is -0.465 e. The normalized spacial score (nSPS) is 26.1. The second kappa shape index (κ2) is 5.00. The number of hydrogen-bond acceptors (Lipinski definition) is 2. The second-order valence-electron chi connectivity index (χ2n) is 4.02. The molecule has 5 nitrogen and oxygen atoms in total. The van der Waals surface area contributed by atoms with Crippen molar-refractivity contribution >= 4 is 12.0 Å². The molecule has 0 aromatic rings. The van der Waals surface area contributed by atoms with Gasteiger partial charge in [0.15, 0.2) is 0 Å². The molecule has 1 aliphatic heterocycles. The van der Waals surface area contributed by atoms with E-state index in [0.29, 0.717) is 25.4 Å². The van der Waals surface area contributed by atoms with Crippen molar-refractivity contribution < 1.29 is 14.7 Å². The van der Waals surface area contributed by atoms with Crippen LogP contribution in [0.15, 0.2) is 0 Å². The predicted molar refractivity (Wildman–Crippen MR) is 55.6 cm³/mol. The van der Waals surface area contributed by atoms with E-state index in [4.69, 9.17) is 5.11 Å². The van der Waals surface area contributed by atoms with Gasteiger partial charge in [0.1, 0.15) is 6.04 Å². The maximum Gasteiger partial charge on any atom is 0.407 e. The number of nitrogens with one attached hydrogen (secondary N) is 1. The zero-order chi connectivity index (χ0) is 11.4. The van der Waals surface area contributed by atoms with Crippen LogP contribution in [0.3, 0.4) is 0 Å². The number of nitrogens with zero attached hydrogens (tertiary/aromatic N) is 1. The van der Waals surface area contributed by atoms with Crippen molar-refractivity contribution in [1.29, 1.82) is 0 Å². The lowest BCUT2D eigenvalue weighted by molar-refractivity contribution is -0.127. The summed E-state index contributed by atoms with van der Waals surface area (Å²) in [5.74, 6) is 0.236. The number of likely N-dealkylation sites (N-methyl/N-ethyl adjacent to an activating group) is 1. The highest BCUT2D eigenvalue weighted by atomic mass is 16.4. The molecule has 2 atom stereocenters. The molecule has 86 valence electrons. The average Bonchev–Trinajstić information content (AvgIpc) is 2.17. The Labute approximate surface area is 89.4 Å². The maximum atomic E-state index is 11.6. The highest BCUT2D eigenvalue weighted by Crippen LogP contribution is 2.22. The summed E-state index contributed by atoms with van der Waals surface area (Å²) >= 11 is 0. The van der Waals surface area contributed by atoms with Gasteiger partial charge >= 0.3 is 6.09 Å². The molecule has 5 heteroatoms. The van der Waals surface area contributed by atoms with E-state index in [-0.39, 0.29) is 5.91 Å². The highest BCUT2D eigenvalue weighted by molar-refractivity contribution is 5.85. The number of likely N-dealkylation sites (tertiary alicyclic amines) is 1. The standard InChI is InChI=1S/C10H18N2O3/c1-3-11-9(13)8-6-7(2)4-5-12(8)10(14)15/h7-8H,3-6H2,1-2H3,(H,11,13)(H,14,15)/t7-,8-/m1/s1. The van der Waals surface area contributed by atoms with Gasteiger partial charge in [-0.25, -0.2) is 4.79 Å². The molecule has 0 aliphatic carbocycles. The molecule has 1 fully saturated rings. The van der Waals surface area contributed by atoms with Crippen LogP contribution < -0.4 is 5.32 Å². The Kier molecular flexibility index (Phi) is 3.94. The fraction of sp³-hybridized carbons (Fsp3) is 0.800. The third-order valence-corrected chi connectivity index (χ3v) is 2.76. The first-order valence-electron chi connectivity index (χ1n) is 5.33. The summed E-state index contributed by atoms with van der Waals surface area (Å²) in [7, 11) is 0. The van der Waals surface area contributed by atoms with Crippen LogP contribution >= 0.6 is 0 Å². The van der Waals surface area contributed by atoms with Crippen molar-refractivity contribution in [2.75, 3.05) is 13.1 Å². The molecule has 15 heavy (non-hydrogen) atoms. The minimum atomic E-state index is -1.00. The Morgan fingerprint density at radius 3 is 2.73 bits per heavy atom. The summed E-state index contributed by atoms with van der Waals surface area (Å²) in [6.07, 6.45) is 0.457. The molecule has 0 saturated carbocycles. The maximum absolute atomic E-state index is 11.6. The Morgan fingerprint density at radius 2 is 2.20 bits per heavy atom.